The van der Waals surface area contributed by atoms with Gasteiger partial charge in [-0.3, -0.25) is 0 Å². The molecule has 4 saturated carbocycles. The highest BCUT2D eigenvalue weighted by Crippen LogP contribution is 2.61. The molecule has 0 aliphatic heterocycles. The molecule has 1 aromatic carbocycles. The third kappa shape index (κ3) is 2.35. The average molecular weight is 254 g/mol. The van der Waals surface area contributed by atoms with Crippen LogP contribution in [0.15, 0.2) is 30.3 Å². The van der Waals surface area contributed by atoms with E-state index in [-0.39, 0.29) is 0 Å². The van der Waals surface area contributed by atoms with Gasteiger partial charge in [0, 0.05) is 0 Å². The van der Waals surface area contributed by atoms with E-state index in [1.807, 2.05) is 0 Å². The molecule has 0 radical (unpaired) electrons. The number of benzene rings is 1. The molecular weight excluding hydrogens is 228 g/mol. The van der Waals surface area contributed by atoms with Crippen molar-refractivity contribution in [3.8, 4) is 0 Å². The van der Waals surface area contributed by atoms with Crippen molar-refractivity contribution in [3.05, 3.63) is 35.9 Å². The van der Waals surface area contributed by atoms with E-state index in [0.29, 0.717) is 0 Å². The summed E-state index contributed by atoms with van der Waals surface area (Å²) >= 11 is 0. The SMILES string of the molecule is c1ccc(CCCC23CC4CC(CC(C4)C2)C3)cc1. The molecule has 0 amide bonds. The smallest absolute Gasteiger partial charge is 0.0279 e. The van der Waals surface area contributed by atoms with Crippen LogP contribution in [0, 0.1) is 23.2 Å². The summed E-state index contributed by atoms with van der Waals surface area (Å²) in [5.74, 6) is 3.34. The molecule has 19 heavy (non-hydrogen) atoms. The molecule has 0 heteroatoms. The van der Waals surface area contributed by atoms with Crippen LogP contribution in [0.1, 0.15) is 56.9 Å². The monoisotopic (exact) mass is 254 g/mol. The summed E-state index contributed by atoms with van der Waals surface area (Å²) in [5.41, 5.74) is 2.32. The molecule has 102 valence electrons. The van der Waals surface area contributed by atoms with Crippen molar-refractivity contribution in [1.82, 2.24) is 0 Å². The summed E-state index contributed by atoms with van der Waals surface area (Å²) in [6.07, 6.45) is 13.7. The molecule has 0 nitrogen and oxygen atoms in total. The van der Waals surface area contributed by atoms with Gasteiger partial charge in [-0.25, -0.2) is 0 Å². The standard InChI is InChI=1S/C19H26/c1-2-5-15(6-3-1)7-4-8-19-12-16-9-17(13-19)11-18(10-16)14-19/h1-3,5-6,16-18H,4,7-14H2. The van der Waals surface area contributed by atoms with Crippen LogP contribution >= 0.6 is 0 Å². The lowest BCUT2D eigenvalue weighted by Gasteiger charge is -2.57. The summed E-state index contributed by atoms with van der Waals surface area (Å²) in [6.45, 7) is 0. The van der Waals surface area contributed by atoms with Crippen LogP contribution < -0.4 is 0 Å². The lowest BCUT2D eigenvalue weighted by Crippen LogP contribution is -2.45. The molecule has 0 unspecified atom stereocenters. The van der Waals surface area contributed by atoms with Gasteiger partial charge in [0.25, 0.3) is 0 Å². The van der Waals surface area contributed by atoms with Crippen molar-refractivity contribution in [3.63, 3.8) is 0 Å². The zero-order chi connectivity index (χ0) is 12.7. The Balaban J connectivity index is 1.38. The normalized spacial score (nSPS) is 39.7. The highest BCUT2D eigenvalue weighted by atomic mass is 14.5. The fraction of sp³-hybridized carbons (Fsp3) is 0.684. The van der Waals surface area contributed by atoms with Crippen molar-refractivity contribution in [1.29, 1.82) is 0 Å². The predicted octanol–water partition coefficient (Wildman–Crippen LogP) is 5.23. The van der Waals surface area contributed by atoms with Gasteiger partial charge in [-0.05, 0) is 86.5 Å². The van der Waals surface area contributed by atoms with Gasteiger partial charge in [0.05, 0.1) is 0 Å². The minimum Gasteiger partial charge on any atom is -0.0622 e. The van der Waals surface area contributed by atoms with Gasteiger partial charge < -0.3 is 0 Å². The molecule has 0 spiro atoms. The molecule has 4 aliphatic rings. The van der Waals surface area contributed by atoms with Gasteiger partial charge in [0.1, 0.15) is 0 Å². The Labute approximate surface area is 117 Å². The van der Waals surface area contributed by atoms with Crippen LogP contribution in [0.4, 0.5) is 0 Å². The fourth-order valence-electron chi connectivity index (χ4n) is 5.91. The number of hydrogen-bond acceptors (Lipinski definition) is 0. The van der Waals surface area contributed by atoms with Gasteiger partial charge in [0.2, 0.25) is 0 Å². The summed E-state index contributed by atoms with van der Waals surface area (Å²) in [7, 11) is 0. The first-order valence-corrected chi connectivity index (χ1v) is 8.35. The first-order valence-electron chi connectivity index (χ1n) is 8.35. The van der Waals surface area contributed by atoms with Crippen LogP contribution in [-0.2, 0) is 6.42 Å². The van der Waals surface area contributed by atoms with Crippen LogP contribution in [-0.4, -0.2) is 0 Å². The molecule has 1 aromatic rings. The van der Waals surface area contributed by atoms with E-state index in [9.17, 15) is 0 Å². The van der Waals surface area contributed by atoms with Crippen LogP contribution in [0.25, 0.3) is 0 Å². The Morgan fingerprint density at radius 1 is 0.842 bits per heavy atom. The maximum atomic E-state index is 2.29. The molecule has 0 saturated heterocycles. The van der Waals surface area contributed by atoms with E-state index in [2.05, 4.69) is 30.3 Å². The van der Waals surface area contributed by atoms with Crippen molar-refractivity contribution in [2.45, 2.75) is 57.8 Å². The Kier molecular flexibility index (Phi) is 2.94. The minimum absolute atomic E-state index is 0.781. The van der Waals surface area contributed by atoms with Crippen molar-refractivity contribution in [2.24, 2.45) is 23.2 Å². The minimum atomic E-state index is 0.781. The first-order chi connectivity index (χ1) is 9.31. The Morgan fingerprint density at radius 2 is 1.42 bits per heavy atom. The zero-order valence-corrected chi connectivity index (χ0v) is 12.0. The number of rotatable bonds is 4. The molecule has 4 bridgehead atoms. The molecule has 4 fully saturated rings. The summed E-state index contributed by atoms with van der Waals surface area (Å²) in [4.78, 5) is 0. The van der Waals surface area contributed by atoms with Gasteiger partial charge in [-0.1, -0.05) is 30.3 Å². The maximum absolute atomic E-state index is 2.29. The van der Waals surface area contributed by atoms with E-state index in [1.165, 1.54) is 24.8 Å². The molecule has 0 N–H and O–H groups in total. The highest BCUT2D eigenvalue weighted by Gasteiger charge is 2.50. The predicted molar refractivity (Wildman–Crippen MR) is 80.0 cm³/mol. The largest absolute Gasteiger partial charge is 0.0622 e. The Hall–Kier alpha value is -0.780. The topological polar surface area (TPSA) is 0 Å². The van der Waals surface area contributed by atoms with E-state index in [4.69, 9.17) is 0 Å². The van der Waals surface area contributed by atoms with Crippen LogP contribution in [0.5, 0.6) is 0 Å². The molecular formula is C19H26. The van der Waals surface area contributed by atoms with Crippen LogP contribution in [0.3, 0.4) is 0 Å². The van der Waals surface area contributed by atoms with Gasteiger partial charge in [0.15, 0.2) is 0 Å². The average Bonchev–Trinajstić information content (AvgIpc) is 2.38. The Morgan fingerprint density at radius 3 is 2.00 bits per heavy atom. The van der Waals surface area contributed by atoms with E-state index < -0.39 is 0 Å². The van der Waals surface area contributed by atoms with Crippen molar-refractivity contribution >= 4 is 0 Å². The second-order valence-corrected chi connectivity index (χ2v) is 7.76. The van der Waals surface area contributed by atoms with Crippen molar-refractivity contribution in [2.75, 3.05) is 0 Å². The summed E-state index contributed by atoms with van der Waals surface area (Å²) < 4.78 is 0. The van der Waals surface area contributed by atoms with E-state index in [0.717, 1.165) is 23.2 Å². The molecule has 0 aromatic heterocycles. The molecule has 0 heterocycles. The third-order valence-electron chi connectivity index (χ3n) is 6.18. The molecule has 5 rings (SSSR count). The summed E-state index contributed by atoms with van der Waals surface area (Å²) in [6, 6.07) is 11.1. The van der Waals surface area contributed by atoms with Gasteiger partial charge in [-0.2, -0.15) is 0 Å². The second-order valence-electron chi connectivity index (χ2n) is 7.76. The first kappa shape index (κ1) is 12.0. The van der Waals surface area contributed by atoms with E-state index in [1.54, 1.807) is 38.5 Å². The fourth-order valence-corrected chi connectivity index (χ4v) is 5.91. The third-order valence-corrected chi connectivity index (χ3v) is 6.18. The zero-order valence-electron chi connectivity index (χ0n) is 12.0. The highest BCUT2D eigenvalue weighted by molar-refractivity contribution is 5.14. The molecule has 4 aliphatic carbocycles. The maximum Gasteiger partial charge on any atom is -0.0279 e. The van der Waals surface area contributed by atoms with Crippen molar-refractivity contribution < 1.29 is 0 Å². The Bertz CT molecular complexity index is 395. The number of hydrogen-bond donors (Lipinski definition) is 0. The van der Waals surface area contributed by atoms with E-state index >= 15 is 0 Å². The van der Waals surface area contributed by atoms with Gasteiger partial charge >= 0.3 is 0 Å². The second kappa shape index (κ2) is 4.65. The lowest BCUT2D eigenvalue weighted by molar-refractivity contribution is -0.0580. The lowest BCUT2D eigenvalue weighted by atomic mass is 9.48. The number of aryl methyl sites for hydroxylation is 1. The quantitative estimate of drug-likeness (QED) is 0.690. The molecule has 0 atom stereocenters. The van der Waals surface area contributed by atoms with Crippen LogP contribution in [0.2, 0.25) is 0 Å². The van der Waals surface area contributed by atoms with Gasteiger partial charge in [-0.15, -0.1) is 0 Å². The summed E-state index contributed by atoms with van der Waals surface area (Å²) in [5, 5.41) is 0.